The van der Waals surface area contributed by atoms with Gasteiger partial charge in [-0.05, 0) is 132 Å². The number of para-hydroxylation sites is 2. The van der Waals surface area contributed by atoms with Gasteiger partial charge in [0.1, 0.15) is 29.0 Å². The van der Waals surface area contributed by atoms with E-state index >= 15 is 0 Å². The molecular weight excluding hydrogens is 912 g/mol. The summed E-state index contributed by atoms with van der Waals surface area (Å²) < 4.78 is 77.3. The Kier molecular flexibility index (Phi) is 27.2. The molecule has 2 aromatic rings. The molecule has 5 N–H and O–H groups in total. The van der Waals surface area contributed by atoms with Crippen LogP contribution in [0, 0.1) is 23.3 Å². The highest BCUT2D eigenvalue weighted by atomic mass is 35.5. The summed E-state index contributed by atoms with van der Waals surface area (Å²) in [5, 5.41) is 19.0. The SMILES string of the molecule is COC(C)(C)C(=O)N[C@@H](CCCCNC(=O)OC(C)(C)C)C(=O)CCl.COC(C)(C)C(=O)N[C@@H](CCCCNC(=O)OC(C)(C)C)C(=O)COc1c(F)cccc1F.Oc1c(F)cccc1F. The van der Waals surface area contributed by atoms with Gasteiger partial charge in [0.05, 0.1) is 18.0 Å². The quantitative estimate of drug-likeness (QED) is 0.0438. The van der Waals surface area contributed by atoms with Crippen LogP contribution in [0.25, 0.3) is 0 Å². The highest BCUT2D eigenvalue weighted by Crippen LogP contribution is 2.22. The number of unbranched alkanes of at least 4 members (excludes halogenated alkanes) is 2. The summed E-state index contributed by atoms with van der Waals surface area (Å²) in [5.74, 6) is -7.18. The Morgan fingerprint density at radius 1 is 0.597 bits per heavy atom. The molecule has 380 valence electrons. The number of nitrogens with one attached hydrogen (secondary N) is 4. The third kappa shape index (κ3) is 26.1. The molecule has 16 nitrogen and oxygen atoms in total. The van der Waals surface area contributed by atoms with Crippen LogP contribution in [-0.2, 0) is 38.1 Å². The van der Waals surface area contributed by atoms with Gasteiger partial charge in [-0.2, -0.15) is 0 Å². The van der Waals surface area contributed by atoms with E-state index in [1.54, 1.807) is 69.2 Å². The third-order valence-corrected chi connectivity index (χ3v) is 9.29. The summed E-state index contributed by atoms with van der Waals surface area (Å²) in [4.78, 5) is 72.4. The number of alkyl carbamates (subject to hydrolysis) is 2. The van der Waals surface area contributed by atoms with Crippen LogP contribution in [0.3, 0.4) is 0 Å². The molecule has 0 heterocycles. The van der Waals surface area contributed by atoms with Gasteiger partial charge in [0, 0.05) is 27.3 Å². The molecule has 0 unspecified atom stereocenters. The van der Waals surface area contributed by atoms with Crippen molar-refractivity contribution in [3.8, 4) is 11.5 Å². The first-order valence-electron chi connectivity index (χ1n) is 21.4. The van der Waals surface area contributed by atoms with E-state index in [0.29, 0.717) is 45.2 Å². The topological polar surface area (TPSA) is 217 Å². The molecule has 0 saturated heterocycles. The van der Waals surface area contributed by atoms with Crippen molar-refractivity contribution in [2.45, 2.75) is 142 Å². The molecule has 2 atom stereocenters. The number of phenols is 1. The van der Waals surface area contributed by atoms with Crippen molar-refractivity contribution in [2.24, 2.45) is 0 Å². The second-order valence-corrected chi connectivity index (χ2v) is 18.1. The number of Topliss-reactive ketones (excluding diaryl/α,β-unsaturated/α-hetero) is 2. The molecule has 21 heteroatoms. The van der Waals surface area contributed by atoms with E-state index in [2.05, 4.69) is 21.3 Å². The van der Waals surface area contributed by atoms with E-state index in [1.807, 2.05) is 0 Å². The number of phenolic OH excluding ortho intramolecular Hbond substituents is 1. The standard InChI is InChI=1S/C23H34F2N2O6.C17H31ClN2O5.C6H4F2O/c1-22(2,3)33-21(30)26-13-8-7-12-17(27-20(29)23(4,5)31-6)18(28)14-32-19-15(24)10-9-11-16(19)25;1-16(2,3)25-15(23)19-10-8-7-9-12(13(21)11-18)20-14(22)17(4,5)24-6;7-4-2-1-3-5(8)6(4)9/h9-11,17H,7-8,12-14H2,1-6H3,(H,26,30)(H,27,29);12H,7-11H2,1-6H3,(H,19,23)(H,20,22);1-3,9H/t17-;12-;/m00./s1. The summed E-state index contributed by atoms with van der Waals surface area (Å²) in [5.41, 5.74) is -3.36. The number of halogens is 5. The highest BCUT2D eigenvalue weighted by Gasteiger charge is 2.32. The largest absolute Gasteiger partial charge is 0.503 e. The van der Waals surface area contributed by atoms with E-state index in [0.717, 1.165) is 24.3 Å². The second-order valence-electron chi connectivity index (χ2n) is 17.8. The summed E-state index contributed by atoms with van der Waals surface area (Å²) in [7, 11) is 2.79. The van der Waals surface area contributed by atoms with Gasteiger partial charge in [0.2, 0.25) is 0 Å². The minimum Gasteiger partial charge on any atom is -0.503 e. The maximum absolute atomic E-state index is 13.8. The lowest BCUT2D eigenvalue weighted by Crippen LogP contribution is -2.51. The second kappa shape index (κ2) is 29.5. The number of methoxy groups -OCH3 is 2. The number of aromatic hydroxyl groups is 1. The van der Waals surface area contributed by atoms with Crippen LogP contribution < -0.4 is 26.0 Å². The van der Waals surface area contributed by atoms with Crippen molar-refractivity contribution >= 4 is 47.2 Å². The first-order valence-corrected chi connectivity index (χ1v) is 21.9. The van der Waals surface area contributed by atoms with Gasteiger partial charge in [-0.1, -0.05) is 12.1 Å². The lowest BCUT2D eigenvalue weighted by atomic mass is 10.0. The van der Waals surface area contributed by atoms with Crippen LogP contribution >= 0.6 is 11.6 Å². The Morgan fingerprint density at radius 3 is 1.28 bits per heavy atom. The van der Waals surface area contributed by atoms with Crippen LogP contribution in [0.1, 0.15) is 108 Å². The number of benzene rings is 2. The Morgan fingerprint density at radius 2 is 0.955 bits per heavy atom. The predicted molar refractivity (Wildman–Crippen MR) is 243 cm³/mol. The normalized spacial score (nSPS) is 12.4. The molecule has 0 aromatic heterocycles. The van der Waals surface area contributed by atoms with E-state index in [9.17, 15) is 46.3 Å². The average molecular weight is 982 g/mol. The van der Waals surface area contributed by atoms with Crippen molar-refractivity contribution in [3.05, 3.63) is 59.7 Å². The molecule has 0 fully saturated rings. The molecular formula is C46H69ClF4N4O12. The van der Waals surface area contributed by atoms with Crippen molar-refractivity contribution in [3.63, 3.8) is 0 Å². The van der Waals surface area contributed by atoms with Gasteiger partial charge in [0.25, 0.3) is 11.8 Å². The van der Waals surface area contributed by atoms with E-state index < -0.39 is 99.7 Å². The van der Waals surface area contributed by atoms with E-state index in [1.165, 1.54) is 26.4 Å². The molecule has 0 aliphatic carbocycles. The Labute approximate surface area is 395 Å². The van der Waals surface area contributed by atoms with Crippen LogP contribution in [-0.4, -0.2) is 115 Å². The fourth-order valence-electron chi connectivity index (χ4n) is 4.88. The summed E-state index contributed by atoms with van der Waals surface area (Å²) in [6.45, 7) is 17.1. The lowest BCUT2D eigenvalue weighted by Gasteiger charge is -2.26. The number of carbonyl (C=O) groups excluding carboxylic acids is 6. The number of hydrogen-bond acceptors (Lipinski definition) is 12. The van der Waals surface area contributed by atoms with Gasteiger partial charge in [-0.15, -0.1) is 11.6 Å². The fraction of sp³-hybridized carbons (Fsp3) is 0.609. The first kappa shape index (κ1) is 61.8. The lowest BCUT2D eigenvalue weighted by molar-refractivity contribution is -0.142. The maximum Gasteiger partial charge on any atom is 0.407 e. The van der Waals surface area contributed by atoms with Gasteiger partial charge in [0.15, 0.2) is 46.3 Å². The number of hydrogen-bond donors (Lipinski definition) is 5. The molecule has 0 aliphatic heterocycles. The van der Waals surface area contributed by atoms with Crippen LogP contribution in [0.4, 0.5) is 27.2 Å². The van der Waals surface area contributed by atoms with Crippen LogP contribution in [0.5, 0.6) is 11.5 Å². The van der Waals surface area contributed by atoms with Gasteiger partial charge < -0.3 is 50.1 Å². The van der Waals surface area contributed by atoms with Crippen molar-refractivity contribution in [1.82, 2.24) is 21.3 Å². The van der Waals surface area contributed by atoms with E-state index in [-0.39, 0.29) is 24.0 Å². The van der Waals surface area contributed by atoms with Gasteiger partial charge in [-0.3, -0.25) is 19.2 Å². The molecule has 4 amide bonds. The van der Waals surface area contributed by atoms with Crippen molar-refractivity contribution in [1.29, 1.82) is 0 Å². The van der Waals surface area contributed by atoms with Crippen LogP contribution in [0.15, 0.2) is 36.4 Å². The highest BCUT2D eigenvalue weighted by molar-refractivity contribution is 6.28. The van der Waals surface area contributed by atoms with Crippen molar-refractivity contribution < 1.29 is 75.1 Å². The predicted octanol–water partition coefficient (Wildman–Crippen LogP) is 7.59. The summed E-state index contributed by atoms with van der Waals surface area (Å²) >= 11 is 5.62. The first-order chi connectivity index (χ1) is 30.9. The number of carbonyl (C=O) groups is 6. The minimum atomic E-state index is -1.19. The Bertz CT molecular complexity index is 1870. The monoisotopic (exact) mass is 980 g/mol. The zero-order valence-electron chi connectivity index (χ0n) is 40.5. The zero-order chi connectivity index (χ0) is 51.8. The molecule has 0 saturated carbocycles. The molecule has 2 aromatic carbocycles. The number of alkyl halides is 1. The molecule has 0 aliphatic rings. The summed E-state index contributed by atoms with van der Waals surface area (Å²) in [6.07, 6.45) is 1.90. The van der Waals surface area contributed by atoms with Crippen molar-refractivity contribution in [2.75, 3.05) is 39.8 Å². The molecule has 2 rings (SSSR count). The minimum absolute atomic E-state index is 0.172. The Hall–Kier alpha value is -5.21. The third-order valence-electron chi connectivity index (χ3n) is 9.02. The van der Waals surface area contributed by atoms with Crippen LogP contribution in [0.2, 0.25) is 0 Å². The Balaban J connectivity index is 0.00000112. The number of ether oxygens (including phenoxy) is 5. The molecule has 0 radical (unpaired) electrons. The zero-order valence-corrected chi connectivity index (χ0v) is 41.3. The summed E-state index contributed by atoms with van der Waals surface area (Å²) in [6, 6.07) is 4.73. The maximum atomic E-state index is 13.8. The number of ketones is 2. The molecule has 0 bridgehead atoms. The van der Waals surface area contributed by atoms with E-state index in [4.69, 9.17) is 40.4 Å². The average Bonchev–Trinajstić information content (AvgIpc) is 3.22. The smallest absolute Gasteiger partial charge is 0.407 e. The molecule has 67 heavy (non-hydrogen) atoms. The number of rotatable bonds is 22. The van der Waals surface area contributed by atoms with Gasteiger partial charge >= 0.3 is 12.2 Å². The van der Waals surface area contributed by atoms with Gasteiger partial charge in [-0.25, -0.2) is 27.2 Å². The fourth-order valence-corrected chi connectivity index (χ4v) is 5.07. The molecule has 0 spiro atoms. The number of amides is 4.